The van der Waals surface area contributed by atoms with Gasteiger partial charge in [0.15, 0.2) is 5.82 Å². The average Bonchev–Trinajstić information content (AvgIpc) is 3.65. The van der Waals surface area contributed by atoms with Gasteiger partial charge < -0.3 is 24.8 Å². The van der Waals surface area contributed by atoms with Crippen LogP contribution >= 0.6 is 0 Å². The summed E-state index contributed by atoms with van der Waals surface area (Å²) in [6.07, 6.45) is 8.64. The Balaban J connectivity index is 1.33. The molecule has 5 heterocycles. The van der Waals surface area contributed by atoms with Crippen LogP contribution in [-0.2, 0) is 20.7 Å². The number of benzene rings is 1. The topological polar surface area (TPSA) is 133 Å². The first-order valence-corrected chi connectivity index (χ1v) is 20.1. The third-order valence-electron chi connectivity index (χ3n) is 11.9. The van der Waals surface area contributed by atoms with Crippen LogP contribution in [0.3, 0.4) is 0 Å². The van der Waals surface area contributed by atoms with Crippen molar-refractivity contribution >= 4 is 28.7 Å². The molecule has 1 unspecified atom stereocenters. The summed E-state index contributed by atoms with van der Waals surface area (Å²) in [4.78, 5) is 43.9. The van der Waals surface area contributed by atoms with Crippen LogP contribution in [0, 0.1) is 11.2 Å². The average molecular weight is 763 g/mol. The summed E-state index contributed by atoms with van der Waals surface area (Å²) in [5, 5.41) is 0.437. The highest BCUT2D eigenvalue weighted by Crippen LogP contribution is 2.45. The number of alkyl halides is 1. The van der Waals surface area contributed by atoms with Gasteiger partial charge in [-0.1, -0.05) is 0 Å². The monoisotopic (exact) mass is 762 g/mol. The van der Waals surface area contributed by atoms with Crippen molar-refractivity contribution in [1.82, 2.24) is 19.9 Å². The van der Waals surface area contributed by atoms with Crippen molar-refractivity contribution in [3.05, 3.63) is 35.3 Å². The number of nitrogens with zero attached hydrogens (tertiary/aromatic N) is 5. The second-order valence-corrected chi connectivity index (χ2v) is 17.5. The number of carbonyl (C=O) groups excluding carboxylic acids is 2. The van der Waals surface area contributed by atoms with Crippen molar-refractivity contribution in [1.29, 1.82) is 0 Å². The quantitative estimate of drug-likeness (QED) is 0.157. The standard InChI is InChI=1S/C42H56F2N6O5/c1-6-53-32(51)14-8-12-26-11-7-13-27-19-29(55-38(52)40(2,3)4)20-30(33(26)27)35-34(44)36-31(22-46-35)37(49-17-9-15-41(5,45)24-49)48-39(47-36)54-25-42-16-10-18-50(42)23-28(43)21-42/h19-20,22,26,28H,6-18,21,23-25,45H2,1-5H3/t26?,28-,41-,42+/m1/s1. The minimum absolute atomic E-state index is 0.0206. The summed E-state index contributed by atoms with van der Waals surface area (Å²) in [7, 11) is 0. The highest BCUT2D eigenvalue weighted by molar-refractivity contribution is 5.92. The van der Waals surface area contributed by atoms with Crippen LogP contribution in [0.25, 0.3) is 22.2 Å². The maximum absolute atomic E-state index is 17.5. The fourth-order valence-electron chi connectivity index (χ4n) is 9.20. The van der Waals surface area contributed by atoms with Gasteiger partial charge in [0.05, 0.1) is 22.9 Å². The summed E-state index contributed by atoms with van der Waals surface area (Å²) in [6, 6.07) is 3.63. The van der Waals surface area contributed by atoms with Crippen molar-refractivity contribution in [2.75, 3.05) is 44.3 Å². The van der Waals surface area contributed by atoms with Gasteiger partial charge in [-0.2, -0.15) is 9.97 Å². The lowest BCUT2D eigenvalue weighted by atomic mass is 9.77. The van der Waals surface area contributed by atoms with Crippen LogP contribution in [0.4, 0.5) is 14.6 Å². The van der Waals surface area contributed by atoms with Gasteiger partial charge in [0.2, 0.25) is 0 Å². The maximum Gasteiger partial charge on any atom is 0.319 e. The molecular weight excluding hydrogens is 706 g/mol. The zero-order valence-electron chi connectivity index (χ0n) is 33.0. The summed E-state index contributed by atoms with van der Waals surface area (Å²) in [5.74, 6) is -0.431. The Hall–Kier alpha value is -3.97. The lowest BCUT2D eigenvalue weighted by Crippen LogP contribution is -2.52. The number of anilines is 1. The largest absolute Gasteiger partial charge is 0.466 e. The highest BCUT2D eigenvalue weighted by Gasteiger charge is 2.49. The van der Waals surface area contributed by atoms with E-state index in [-0.39, 0.29) is 35.7 Å². The van der Waals surface area contributed by atoms with Crippen molar-refractivity contribution < 1.29 is 32.6 Å². The molecule has 3 aromatic rings. The predicted octanol–water partition coefficient (Wildman–Crippen LogP) is 7.21. The first kappa shape index (κ1) is 39.3. The number of nitrogens with two attached hydrogens (primary N) is 1. The fraction of sp³-hybridized carbons (Fsp3) is 0.643. The van der Waals surface area contributed by atoms with Crippen LogP contribution in [0.5, 0.6) is 11.8 Å². The molecule has 3 fully saturated rings. The van der Waals surface area contributed by atoms with Gasteiger partial charge in [-0.05, 0) is 128 Å². The van der Waals surface area contributed by atoms with Crippen LogP contribution in [0.15, 0.2) is 18.3 Å². The molecule has 55 heavy (non-hydrogen) atoms. The lowest BCUT2D eigenvalue weighted by Gasteiger charge is -2.39. The molecule has 4 aliphatic rings. The summed E-state index contributed by atoms with van der Waals surface area (Å²) < 4.78 is 49.6. The molecule has 0 bridgehead atoms. The Morgan fingerprint density at radius 3 is 2.67 bits per heavy atom. The van der Waals surface area contributed by atoms with E-state index in [1.165, 1.54) is 0 Å². The van der Waals surface area contributed by atoms with Crippen LogP contribution in [0.2, 0.25) is 0 Å². The van der Waals surface area contributed by atoms with Gasteiger partial charge in [-0.25, -0.2) is 8.78 Å². The van der Waals surface area contributed by atoms with E-state index in [1.54, 1.807) is 40.0 Å². The van der Waals surface area contributed by atoms with Crippen LogP contribution < -0.4 is 20.1 Å². The normalized spacial score (nSPS) is 25.5. The van der Waals surface area contributed by atoms with Crippen molar-refractivity contribution in [3.63, 3.8) is 0 Å². The number of halogens is 2. The molecule has 4 atom stereocenters. The van der Waals surface area contributed by atoms with Crippen LogP contribution in [-0.4, -0.2) is 88.4 Å². The Labute approximate surface area is 322 Å². The molecule has 1 aliphatic carbocycles. The zero-order valence-corrected chi connectivity index (χ0v) is 33.0. The molecular formula is C42H56F2N6O5. The molecule has 0 radical (unpaired) electrons. The van der Waals surface area contributed by atoms with Gasteiger partial charge in [0.1, 0.15) is 35.6 Å². The van der Waals surface area contributed by atoms with Gasteiger partial charge in [0, 0.05) is 49.8 Å². The molecule has 11 nitrogen and oxygen atoms in total. The maximum atomic E-state index is 17.5. The molecule has 3 aliphatic heterocycles. The predicted molar refractivity (Wildman–Crippen MR) is 207 cm³/mol. The Morgan fingerprint density at radius 2 is 1.91 bits per heavy atom. The smallest absolute Gasteiger partial charge is 0.319 e. The van der Waals surface area contributed by atoms with E-state index in [2.05, 4.69) is 9.80 Å². The fourth-order valence-corrected chi connectivity index (χ4v) is 9.20. The Morgan fingerprint density at radius 1 is 1.11 bits per heavy atom. The van der Waals surface area contributed by atoms with Crippen LogP contribution in [0.1, 0.15) is 116 Å². The number of hydrogen-bond acceptors (Lipinski definition) is 11. The number of fused-ring (bicyclic) bond motifs is 3. The van der Waals surface area contributed by atoms with E-state index in [9.17, 15) is 14.0 Å². The first-order chi connectivity index (χ1) is 26.2. The third kappa shape index (κ3) is 8.28. The van der Waals surface area contributed by atoms with E-state index in [4.69, 9.17) is 34.9 Å². The molecule has 0 spiro atoms. The van der Waals surface area contributed by atoms with Gasteiger partial charge in [0.25, 0.3) is 0 Å². The van der Waals surface area contributed by atoms with Gasteiger partial charge in [-0.15, -0.1) is 0 Å². The number of ether oxygens (including phenoxy) is 3. The van der Waals surface area contributed by atoms with Gasteiger partial charge >= 0.3 is 17.9 Å². The zero-order chi connectivity index (χ0) is 39.1. The van der Waals surface area contributed by atoms with Crippen molar-refractivity contribution in [3.8, 4) is 23.0 Å². The molecule has 2 N–H and O–H groups in total. The highest BCUT2D eigenvalue weighted by atomic mass is 19.1. The number of aromatic nitrogens is 3. The summed E-state index contributed by atoms with van der Waals surface area (Å²) >= 11 is 0. The number of carbonyl (C=O) groups is 2. The Bertz CT molecular complexity index is 1930. The molecule has 2 aromatic heterocycles. The summed E-state index contributed by atoms with van der Waals surface area (Å²) in [6.45, 7) is 12.1. The number of aryl methyl sites for hydroxylation is 1. The van der Waals surface area contributed by atoms with E-state index in [1.807, 2.05) is 13.0 Å². The molecule has 3 saturated heterocycles. The number of esters is 2. The molecule has 7 rings (SSSR count). The number of pyridine rings is 1. The number of rotatable bonds is 11. The second-order valence-electron chi connectivity index (χ2n) is 17.5. The summed E-state index contributed by atoms with van der Waals surface area (Å²) in [5.41, 5.74) is 7.56. The molecule has 1 aromatic carbocycles. The van der Waals surface area contributed by atoms with Crippen molar-refractivity contribution in [2.45, 2.75) is 128 Å². The number of hydrogen-bond donors (Lipinski definition) is 1. The molecule has 0 amide bonds. The molecule has 298 valence electrons. The van der Waals surface area contributed by atoms with E-state index < -0.39 is 34.5 Å². The SMILES string of the molecule is CCOC(=O)CCCC1CCCc2cc(OC(=O)C(C)(C)C)cc(-c3ncc4c(N5CCC[C@@](C)(N)C5)nc(OC[C@@]56CCCN5C[C@H](F)C6)nc4c3F)c21. The van der Waals surface area contributed by atoms with Crippen molar-refractivity contribution in [2.24, 2.45) is 11.1 Å². The minimum Gasteiger partial charge on any atom is -0.466 e. The Kier molecular flexibility index (Phi) is 11.1. The van der Waals surface area contributed by atoms with E-state index >= 15 is 4.39 Å². The van der Waals surface area contributed by atoms with E-state index in [0.717, 1.165) is 62.6 Å². The van der Waals surface area contributed by atoms with Gasteiger partial charge in [-0.3, -0.25) is 19.5 Å². The molecule has 0 saturated carbocycles. The first-order valence-electron chi connectivity index (χ1n) is 20.1. The van der Waals surface area contributed by atoms with E-state index in [0.29, 0.717) is 74.4 Å². The third-order valence-corrected chi connectivity index (χ3v) is 11.9. The minimum atomic E-state index is -0.919. The number of piperidine rings is 1. The second kappa shape index (κ2) is 15.5. The molecule has 13 heteroatoms. The lowest BCUT2D eigenvalue weighted by molar-refractivity contribution is -0.144.